The number of hydrogen-bond donors (Lipinski definition) is 1. The van der Waals surface area contributed by atoms with E-state index in [1.807, 2.05) is 0 Å². The van der Waals surface area contributed by atoms with E-state index >= 15 is 0 Å². The van der Waals surface area contributed by atoms with Gasteiger partial charge in [-0.05, 0) is 36.4 Å². The van der Waals surface area contributed by atoms with E-state index in [1.54, 1.807) is 24.3 Å². The van der Waals surface area contributed by atoms with Crippen molar-refractivity contribution in [2.75, 3.05) is 0 Å². The Labute approximate surface area is 139 Å². The number of thioether (sulfide) groups is 1. The molecule has 0 unspecified atom stereocenters. The van der Waals surface area contributed by atoms with Gasteiger partial charge in [0.25, 0.3) is 0 Å². The molecule has 1 aromatic heterocycles. The second kappa shape index (κ2) is 6.56. The summed E-state index contributed by atoms with van der Waals surface area (Å²) in [6, 6.07) is 11.4. The van der Waals surface area contributed by atoms with Crippen LogP contribution in [0.25, 0.3) is 11.4 Å². The van der Waals surface area contributed by atoms with Crippen molar-refractivity contribution in [2.45, 2.75) is 16.8 Å². The minimum absolute atomic E-state index is 0.113. The summed E-state index contributed by atoms with van der Waals surface area (Å²) >= 11 is 1.41. The quantitative estimate of drug-likeness (QED) is 0.687. The van der Waals surface area contributed by atoms with Gasteiger partial charge in [-0.25, -0.2) is 0 Å². The van der Waals surface area contributed by atoms with Crippen LogP contribution in [0.4, 0.5) is 13.2 Å². The molecule has 3 aromatic rings. The maximum atomic E-state index is 12.7. The first kappa shape index (κ1) is 16.4. The standard InChI is InChI=1S/C16H11F3N2O2S/c17-16(18,19)11-3-1-2-10(8-11)15-20-14(23-21-15)9-24-13-6-4-12(22)5-7-13/h1-8,22H,9H2. The highest BCUT2D eigenvalue weighted by molar-refractivity contribution is 7.98. The van der Waals surface area contributed by atoms with Gasteiger partial charge >= 0.3 is 6.18 Å². The number of alkyl halides is 3. The summed E-state index contributed by atoms with van der Waals surface area (Å²) in [5, 5.41) is 12.9. The highest BCUT2D eigenvalue weighted by atomic mass is 32.2. The average molecular weight is 352 g/mol. The average Bonchev–Trinajstić information content (AvgIpc) is 3.03. The van der Waals surface area contributed by atoms with Gasteiger partial charge in [0, 0.05) is 10.5 Å². The smallest absolute Gasteiger partial charge is 0.416 e. The maximum absolute atomic E-state index is 12.7. The molecule has 124 valence electrons. The molecule has 3 rings (SSSR count). The van der Waals surface area contributed by atoms with Crippen LogP contribution >= 0.6 is 11.8 Å². The Kier molecular flexibility index (Phi) is 4.48. The molecule has 24 heavy (non-hydrogen) atoms. The Morgan fingerprint density at radius 1 is 1.08 bits per heavy atom. The molecule has 0 aliphatic heterocycles. The zero-order chi connectivity index (χ0) is 17.2. The third-order valence-corrected chi connectivity index (χ3v) is 4.11. The molecule has 1 heterocycles. The van der Waals surface area contributed by atoms with Crippen LogP contribution in [0.1, 0.15) is 11.5 Å². The summed E-state index contributed by atoms with van der Waals surface area (Å²) in [7, 11) is 0. The molecular weight excluding hydrogens is 341 g/mol. The van der Waals surface area contributed by atoms with Crippen molar-refractivity contribution in [1.82, 2.24) is 10.1 Å². The van der Waals surface area contributed by atoms with E-state index in [4.69, 9.17) is 4.52 Å². The first-order valence-corrected chi connectivity index (χ1v) is 7.82. The molecule has 0 bridgehead atoms. The summed E-state index contributed by atoms with van der Waals surface area (Å²) in [5.74, 6) is 0.961. The van der Waals surface area contributed by atoms with Crippen molar-refractivity contribution in [2.24, 2.45) is 0 Å². The highest BCUT2D eigenvalue weighted by Crippen LogP contribution is 2.32. The predicted molar refractivity (Wildman–Crippen MR) is 82.4 cm³/mol. The molecule has 0 saturated heterocycles. The zero-order valence-corrected chi connectivity index (χ0v) is 12.9. The first-order valence-electron chi connectivity index (χ1n) is 6.84. The van der Waals surface area contributed by atoms with Crippen LogP contribution in [0.15, 0.2) is 57.9 Å². The van der Waals surface area contributed by atoms with Crippen molar-refractivity contribution in [3.8, 4) is 17.1 Å². The molecule has 0 radical (unpaired) electrons. The molecule has 0 saturated carbocycles. The lowest BCUT2D eigenvalue weighted by Gasteiger charge is -2.06. The van der Waals surface area contributed by atoms with Crippen molar-refractivity contribution < 1.29 is 22.8 Å². The normalized spacial score (nSPS) is 11.6. The summed E-state index contributed by atoms with van der Waals surface area (Å²) < 4.78 is 43.3. The number of benzene rings is 2. The van der Waals surface area contributed by atoms with E-state index < -0.39 is 11.7 Å². The van der Waals surface area contributed by atoms with Crippen molar-refractivity contribution >= 4 is 11.8 Å². The molecular formula is C16H11F3N2O2S. The van der Waals surface area contributed by atoms with E-state index in [9.17, 15) is 18.3 Å². The molecule has 0 amide bonds. The van der Waals surface area contributed by atoms with E-state index in [1.165, 1.54) is 23.9 Å². The fourth-order valence-corrected chi connectivity index (χ4v) is 2.69. The Bertz CT molecular complexity index is 832. The highest BCUT2D eigenvalue weighted by Gasteiger charge is 2.30. The minimum Gasteiger partial charge on any atom is -0.508 e. The number of halogens is 3. The van der Waals surface area contributed by atoms with Crippen LogP contribution in [-0.2, 0) is 11.9 Å². The van der Waals surface area contributed by atoms with E-state index in [0.29, 0.717) is 11.6 Å². The zero-order valence-electron chi connectivity index (χ0n) is 12.1. The van der Waals surface area contributed by atoms with Crippen LogP contribution < -0.4 is 0 Å². The molecule has 0 aliphatic carbocycles. The molecule has 0 aliphatic rings. The van der Waals surface area contributed by atoms with Gasteiger partial charge in [-0.2, -0.15) is 18.2 Å². The number of phenols is 1. The monoisotopic (exact) mass is 352 g/mol. The lowest BCUT2D eigenvalue weighted by Crippen LogP contribution is -2.04. The summed E-state index contributed by atoms with van der Waals surface area (Å²) in [4.78, 5) is 5.02. The van der Waals surface area contributed by atoms with Gasteiger partial charge in [-0.3, -0.25) is 0 Å². The van der Waals surface area contributed by atoms with Gasteiger partial charge < -0.3 is 9.63 Å². The molecule has 4 nitrogen and oxygen atoms in total. The number of hydrogen-bond acceptors (Lipinski definition) is 5. The SMILES string of the molecule is Oc1ccc(SCc2nc(-c3cccc(C(F)(F)F)c3)no2)cc1. The third kappa shape index (κ3) is 3.88. The van der Waals surface area contributed by atoms with Gasteiger partial charge in [0.1, 0.15) is 5.75 Å². The van der Waals surface area contributed by atoms with Crippen LogP contribution in [0.5, 0.6) is 5.75 Å². The van der Waals surface area contributed by atoms with Crippen LogP contribution in [0.2, 0.25) is 0 Å². The van der Waals surface area contributed by atoms with Crippen molar-refractivity contribution in [1.29, 1.82) is 0 Å². The largest absolute Gasteiger partial charge is 0.508 e. The summed E-state index contributed by atoms with van der Waals surface area (Å²) in [6.45, 7) is 0. The fraction of sp³-hybridized carbons (Fsp3) is 0.125. The van der Waals surface area contributed by atoms with Crippen molar-refractivity contribution in [3.05, 3.63) is 60.0 Å². The lowest BCUT2D eigenvalue weighted by molar-refractivity contribution is -0.137. The Hall–Kier alpha value is -2.48. The number of phenolic OH excluding ortho intramolecular Hbond substituents is 1. The van der Waals surface area contributed by atoms with Crippen molar-refractivity contribution in [3.63, 3.8) is 0 Å². The molecule has 0 atom stereocenters. The van der Waals surface area contributed by atoms with Gasteiger partial charge in [0.15, 0.2) is 0 Å². The predicted octanol–water partition coefficient (Wildman–Crippen LogP) is 4.75. The van der Waals surface area contributed by atoms with E-state index in [-0.39, 0.29) is 17.1 Å². The van der Waals surface area contributed by atoms with Crippen LogP contribution in [-0.4, -0.2) is 15.2 Å². The number of rotatable bonds is 4. The number of aromatic hydroxyl groups is 1. The molecule has 1 N–H and O–H groups in total. The Morgan fingerprint density at radius 2 is 1.83 bits per heavy atom. The first-order chi connectivity index (χ1) is 11.4. The topological polar surface area (TPSA) is 59.2 Å². The van der Waals surface area contributed by atoms with Crippen LogP contribution in [0, 0.1) is 0 Å². The Morgan fingerprint density at radius 3 is 2.54 bits per heavy atom. The van der Waals surface area contributed by atoms with E-state index in [0.717, 1.165) is 17.0 Å². The summed E-state index contributed by atoms with van der Waals surface area (Å²) in [6.07, 6.45) is -4.42. The summed E-state index contributed by atoms with van der Waals surface area (Å²) in [5.41, 5.74) is -0.515. The maximum Gasteiger partial charge on any atom is 0.416 e. The lowest BCUT2D eigenvalue weighted by atomic mass is 10.1. The van der Waals surface area contributed by atoms with Gasteiger partial charge in [-0.1, -0.05) is 17.3 Å². The van der Waals surface area contributed by atoms with Crippen LogP contribution in [0.3, 0.4) is 0 Å². The second-order valence-electron chi connectivity index (χ2n) is 4.87. The number of nitrogens with zero attached hydrogens (tertiary/aromatic N) is 2. The minimum atomic E-state index is -4.42. The van der Waals surface area contributed by atoms with Gasteiger partial charge in [-0.15, -0.1) is 11.8 Å². The number of aromatic nitrogens is 2. The fourth-order valence-electron chi connectivity index (χ4n) is 1.95. The third-order valence-electron chi connectivity index (χ3n) is 3.12. The Balaban J connectivity index is 1.72. The molecule has 8 heteroatoms. The van der Waals surface area contributed by atoms with E-state index in [2.05, 4.69) is 10.1 Å². The molecule has 0 spiro atoms. The second-order valence-corrected chi connectivity index (χ2v) is 5.92. The van der Waals surface area contributed by atoms with Gasteiger partial charge in [0.05, 0.1) is 11.3 Å². The molecule has 2 aromatic carbocycles. The van der Waals surface area contributed by atoms with Gasteiger partial charge in [0.2, 0.25) is 11.7 Å². The molecule has 0 fully saturated rings.